The van der Waals surface area contributed by atoms with Crippen LogP contribution in [-0.4, -0.2) is 20.9 Å². The van der Waals surface area contributed by atoms with Gasteiger partial charge in [-0.3, -0.25) is 4.79 Å². The first-order chi connectivity index (χ1) is 11.9. The molecular formula is C17H15BrClN5O. The van der Waals surface area contributed by atoms with Gasteiger partial charge in [0.1, 0.15) is 0 Å². The number of nitrogens with two attached hydrogens (primary N) is 1. The third-order valence-corrected chi connectivity index (χ3v) is 4.75. The Balaban J connectivity index is 1.77. The van der Waals surface area contributed by atoms with Crippen LogP contribution >= 0.6 is 27.5 Å². The highest BCUT2D eigenvalue weighted by Crippen LogP contribution is 2.21. The van der Waals surface area contributed by atoms with Crippen molar-refractivity contribution in [1.82, 2.24) is 15.0 Å². The van der Waals surface area contributed by atoms with Crippen LogP contribution in [0.3, 0.4) is 0 Å². The van der Waals surface area contributed by atoms with E-state index in [0.717, 1.165) is 15.6 Å². The van der Waals surface area contributed by atoms with Crippen molar-refractivity contribution in [1.29, 1.82) is 0 Å². The second-order valence-electron chi connectivity index (χ2n) is 5.53. The first-order valence-corrected chi connectivity index (χ1v) is 8.62. The third kappa shape index (κ3) is 4.00. The number of rotatable bonds is 4. The van der Waals surface area contributed by atoms with E-state index < -0.39 is 5.91 Å². The summed E-state index contributed by atoms with van der Waals surface area (Å²) in [6.45, 7) is 2.32. The number of hydrogen-bond acceptors (Lipinski definition) is 4. The Morgan fingerprint density at radius 1 is 1.32 bits per heavy atom. The van der Waals surface area contributed by atoms with Crippen molar-refractivity contribution in [3.8, 4) is 0 Å². The van der Waals surface area contributed by atoms with Crippen LogP contribution in [0, 0.1) is 6.92 Å². The van der Waals surface area contributed by atoms with Crippen molar-refractivity contribution in [2.45, 2.75) is 13.5 Å². The van der Waals surface area contributed by atoms with Gasteiger partial charge in [0.25, 0.3) is 5.91 Å². The summed E-state index contributed by atoms with van der Waals surface area (Å²) >= 11 is 9.40. The Morgan fingerprint density at radius 2 is 2.12 bits per heavy atom. The van der Waals surface area contributed by atoms with Crippen LogP contribution < -0.4 is 11.1 Å². The monoisotopic (exact) mass is 419 g/mol. The average molecular weight is 421 g/mol. The number of hydrogen-bond donors (Lipinski definition) is 2. The summed E-state index contributed by atoms with van der Waals surface area (Å²) in [7, 11) is 0. The summed E-state index contributed by atoms with van der Waals surface area (Å²) in [6.07, 6.45) is 0. The topological polar surface area (TPSA) is 85.8 Å². The number of benzene rings is 2. The fourth-order valence-corrected chi connectivity index (χ4v) is 2.78. The quantitative estimate of drug-likeness (QED) is 0.670. The normalized spacial score (nSPS) is 10.7. The maximum Gasteiger partial charge on any atom is 0.280 e. The summed E-state index contributed by atoms with van der Waals surface area (Å²) in [6, 6.07) is 12.9. The summed E-state index contributed by atoms with van der Waals surface area (Å²) in [5.41, 5.74) is 8.71. The molecular weight excluding hydrogens is 406 g/mol. The molecule has 1 heterocycles. The van der Waals surface area contributed by atoms with Gasteiger partial charge in [0.2, 0.25) is 0 Å². The van der Waals surface area contributed by atoms with Crippen molar-refractivity contribution >= 4 is 44.9 Å². The average Bonchev–Trinajstić information content (AvgIpc) is 2.92. The van der Waals surface area contributed by atoms with Crippen LogP contribution in [0.2, 0.25) is 5.02 Å². The summed E-state index contributed by atoms with van der Waals surface area (Å²) in [4.78, 5) is 12.4. The highest BCUT2D eigenvalue weighted by molar-refractivity contribution is 9.10. The van der Waals surface area contributed by atoms with Crippen LogP contribution in [-0.2, 0) is 6.54 Å². The van der Waals surface area contributed by atoms with Crippen LogP contribution in [0.15, 0.2) is 46.9 Å². The molecule has 2 aromatic carbocycles. The minimum Gasteiger partial charge on any atom is -0.382 e. The molecule has 3 rings (SSSR count). The summed E-state index contributed by atoms with van der Waals surface area (Å²) in [5, 5.41) is 11.3. The molecule has 0 aliphatic rings. The molecule has 0 bridgehead atoms. The summed E-state index contributed by atoms with van der Waals surface area (Å²) < 4.78 is 2.44. The molecule has 25 heavy (non-hydrogen) atoms. The number of carbonyl (C=O) groups is 1. The van der Waals surface area contributed by atoms with E-state index >= 15 is 0 Å². The number of amides is 1. The van der Waals surface area contributed by atoms with Crippen LogP contribution in [0.25, 0.3) is 0 Å². The zero-order chi connectivity index (χ0) is 18.0. The number of aryl methyl sites for hydroxylation is 1. The van der Waals surface area contributed by atoms with Crippen LogP contribution in [0.4, 0.5) is 11.5 Å². The number of carbonyl (C=O) groups excluding carboxylic acids is 1. The van der Waals surface area contributed by atoms with Crippen molar-refractivity contribution in [3.05, 3.63) is 68.8 Å². The number of aromatic nitrogens is 3. The molecule has 0 fully saturated rings. The lowest BCUT2D eigenvalue weighted by Crippen LogP contribution is -2.15. The standard InChI is InChI=1S/C17H15BrClN5O/c1-10-7-13(5-6-14(10)18)21-17(25)15-16(20)24(23-22-15)9-11-3-2-4-12(19)8-11/h2-8H,9,20H2,1H3,(H,21,25). The highest BCUT2D eigenvalue weighted by atomic mass is 79.9. The fourth-order valence-electron chi connectivity index (χ4n) is 2.32. The number of nitrogen functional groups attached to an aromatic ring is 1. The number of anilines is 2. The van der Waals surface area contributed by atoms with Gasteiger partial charge < -0.3 is 11.1 Å². The van der Waals surface area contributed by atoms with Crippen molar-refractivity contribution in [3.63, 3.8) is 0 Å². The largest absolute Gasteiger partial charge is 0.382 e. The van der Waals surface area contributed by atoms with Gasteiger partial charge in [-0.1, -0.05) is 44.9 Å². The second-order valence-corrected chi connectivity index (χ2v) is 6.82. The maximum absolute atomic E-state index is 12.4. The SMILES string of the molecule is Cc1cc(NC(=O)c2nnn(Cc3cccc(Cl)c3)c2N)ccc1Br. The molecule has 6 nitrogen and oxygen atoms in total. The van der Waals surface area contributed by atoms with Gasteiger partial charge in [-0.15, -0.1) is 5.10 Å². The molecule has 0 radical (unpaired) electrons. The third-order valence-electron chi connectivity index (χ3n) is 3.63. The van der Waals surface area contributed by atoms with Gasteiger partial charge >= 0.3 is 0 Å². The predicted molar refractivity (Wildman–Crippen MR) is 102 cm³/mol. The minimum absolute atomic E-state index is 0.0857. The Kier molecular flexibility index (Phi) is 5.06. The Labute approximate surface area is 158 Å². The molecule has 3 aromatic rings. The van der Waals surface area contributed by atoms with Gasteiger partial charge in [-0.2, -0.15) is 0 Å². The van der Waals surface area contributed by atoms with E-state index in [0.29, 0.717) is 17.3 Å². The van der Waals surface area contributed by atoms with Crippen LogP contribution in [0.1, 0.15) is 21.6 Å². The van der Waals surface area contributed by atoms with Crippen LogP contribution in [0.5, 0.6) is 0 Å². The molecule has 128 valence electrons. The lowest BCUT2D eigenvalue weighted by atomic mass is 10.2. The van der Waals surface area contributed by atoms with E-state index in [9.17, 15) is 4.79 Å². The molecule has 0 aliphatic carbocycles. The summed E-state index contributed by atoms with van der Waals surface area (Å²) in [5.74, 6) is -0.206. The smallest absolute Gasteiger partial charge is 0.280 e. The minimum atomic E-state index is -0.406. The van der Waals surface area contributed by atoms with E-state index in [2.05, 4.69) is 31.6 Å². The Morgan fingerprint density at radius 3 is 2.84 bits per heavy atom. The van der Waals surface area contributed by atoms with Gasteiger partial charge in [0, 0.05) is 15.2 Å². The van der Waals surface area contributed by atoms with Crippen molar-refractivity contribution < 1.29 is 4.79 Å². The molecule has 3 N–H and O–H groups in total. The molecule has 8 heteroatoms. The molecule has 0 aliphatic heterocycles. The lowest BCUT2D eigenvalue weighted by molar-refractivity contribution is 0.102. The highest BCUT2D eigenvalue weighted by Gasteiger charge is 2.18. The first-order valence-electron chi connectivity index (χ1n) is 7.45. The van der Waals surface area contributed by atoms with E-state index in [4.69, 9.17) is 17.3 Å². The maximum atomic E-state index is 12.4. The van der Waals surface area contributed by atoms with E-state index in [1.165, 1.54) is 4.68 Å². The molecule has 0 spiro atoms. The second kappa shape index (κ2) is 7.25. The number of nitrogens with one attached hydrogen (secondary N) is 1. The van der Waals surface area contributed by atoms with Gasteiger partial charge in [-0.25, -0.2) is 4.68 Å². The van der Waals surface area contributed by atoms with E-state index in [-0.39, 0.29) is 11.5 Å². The first kappa shape index (κ1) is 17.4. The number of nitrogens with zero attached hydrogens (tertiary/aromatic N) is 3. The van der Waals surface area contributed by atoms with Crippen molar-refractivity contribution in [2.24, 2.45) is 0 Å². The Hall–Kier alpha value is -2.38. The van der Waals surface area contributed by atoms with Gasteiger partial charge in [0.05, 0.1) is 6.54 Å². The molecule has 1 amide bonds. The molecule has 0 saturated carbocycles. The van der Waals surface area contributed by atoms with Gasteiger partial charge in [-0.05, 0) is 48.4 Å². The van der Waals surface area contributed by atoms with Gasteiger partial charge in [0.15, 0.2) is 11.5 Å². The fraction of sp³-hybridized carbons (Fsp3) is 0.118. The predicted octanol–water partition coefficient (Wildman–Crippen LogP) is 3.89. The zero-order valence-corrected chi connectivity index (χ0v) is 15.7. The molecule has 0 unspecified atom stereocenters. The molecule has 0 atom stereocenters. The zero-order valence-electron chi connectivity index (χ0n) is 13.3. The Bertz CT molecular complexity index is 941. The lowest BCUT2D eigenvalue weighted by Gasteiger charge is -2.07. The number of halogens is 2. The van der Waals surface area contributed by atoms with E-state index in [1.807, 2.05) is 37.3 Å². The molecule has 1 aromatic heterocycles. The molecule has 0 saturated heterocycles. The van der Waals surface area contributed by atoms with E-state index in [1.54, 1.807) is 12.1 Å². The van der Waals surface area contributed by atoms with Crippen molar-refractivity contribution in [2.75, 3.05) is 11.1 Å².